The lowest BCUT2D eigenvalue weighted by Gasteiger charge is -2.28. The van der Waals surface area contributed by atoms with E-state index in [9.17, 15) is 14.4 Å². The van der Waals surface area contributed by atoms with E-state index in [4.69, 9.17) is 42.1 Å². The van der Waals surface area contributed by atoms with E-state index >= 15 is 0 Å². The van der Waals surface area contributed by atoms with E-state index in [0.29, 0.717) is 23.7 Å². The summed E-state index contributed by atoms with van der Waals surface area (Å²) in [6, 6.07) is 4.87. The molecule has 35 heavy (non-hydrogen) atoms. The van der Waals surface area contributed by atoms with Crippen molar-refractivity contribution in [3.05, 3.63) is 58.1 Å². The van der Waals surface area contributed by atoms with Gasteiger partial charge in [0.25, 0.3) is 11.8 Å². The zero-order valence-corrected chi connectivity index (χ0v) is 20.7. The number of carbonyl (C=O) groups is 3. The molecule has 0 atom stereocenters. The van der Waals surface area contributed by atoms with Crippen LogP contribution in [0.25, 0.3) is 6.08 Å². The Hall–Kier alpha value is -3.69. The topological polar surface area (TPSA) is 103 Å². The van der Waals surface area contributed by atoms with Crippen LogP contribution in [0, 0.1) is 0 Å². The van der Waals surface area contributed by atoms with Gasteiger partial charge in [0.15, 0.2) is 11.5 Å². The van der Waals surface area contributed by atoms with E-state index in [2.05, 4.69) is 11.9 Å². The Labute approximate surface area is 211 Å². The Balaban J connectivity index is 2.09. The molecular weight excluding hydrogens is 499 g/mol. The molecule has 1 heterocycles. The maximum atomic E-state index is 13.4. The molecule has 9 nitrogen and oxygen atoms in total. The third-order valence-electron chi connectivity index (χ3n) is 4.78. The van der Waals surface area contributed by atoms with Crippen LogP contribution in [0.1, 0.15) is 12.5 Å². The van der Waals surface area contributed by atoms with Crippen LogP contribution in [0.4, 0.5) is 10.5 Å². The lowest BCUT2D eigenvalue weighted by molar-refractivity contribution is -0.122. The second kappa shape index (κ2) is 11.2. The van der Waals surface area contributed by atoms with Crippen LogP contribution in [0.15, 0.2) is 42.5 Å². The van der Waals surface area contributed by atoms with Gasteiger partial charge in [-0.15, -0.1) is 0 Å². The number of imide groups is 2. The Morgan fingerprint density at radius 2 is 1.69 bits per heavy atom. The van der Waals surface area contributed by atoms with Gasteiger partial charge >= 0.3 is 6.03 Å². The van der Waals surface area contributed by atoms with Gasteiger partial charge in [-0.2, -0.15) is 0 Å². The van der Waals surface area contributed by atoms with E-state index in [1.807, 2.05) is 0 Å². The maximum Gasteiger partial charge on any atom is 0.336 e. The van der Waals surface area contributed by atoms with Crippen molar-refractivity contribution in [3.8, 4) is 23.0 Å². The number of barbiturate groups is 1. The predicted octanol–water partition coefficient (Wildman–Crippen LogP) is 4.64. The molecule has 184 valence electrons. The number of anilines is 1. The largest absolute Gasteiger partial charge is 0.495 e. The minimum atomic E-state index is -0.957. The first-order valence-electron chi connectivity index (χ1n) is 10.3. The minimum absolute atomic E-state index is 0.0378. The highest BCUT2D eigenvalue weighted by molar-refractivity contribution is 6.40. The monoisotopic (exact) mass is 520 g/mol. The standard InChI is InChI=1S/C24H22Cl2N2O7/c1-5-7-35-21-16(26)9-13(10-20(21)34-6-2)8-14-22(29)27-24(31)28(23(14)30)17-12-18(32-3)15(25)11-19(17)33-4/h5,8-12H,1,6-7H2,2-4H3,(H,27,29,31)/b14-8+. The zero-order chi connectivity index (χ0) is 25.7. The first-order chi connectivity index (χ1) is 16.7. The highest BCUT2D eigenvalue weighted by Crippen LogP contribution is 2.40. The molecule has 11 heteroatoms. The number of methoxy groups -OCH3 is 2. The van der Waals surface area contributed by atoms with Gasteiger partial charge in [-0.1, -0.05) is 35.9 Å². The molecule has 0 spiro atoms. The Bertz CT molecular complexity index is 1230. The fraction of sp³-hybridized carbons (Fsp3) is 0.208. The summed E-state index contributed by atoms with van der Waals surface area (Å²) in [5, 5.41) is 2.56. The molecule has 0 saturated carbocycles. The first kappa shape index (κ1) is 25.9. The van der Waals surface area contributed by atoms with Gasteiger partial charge < -0.3 is 18.9 Å². The molecule has 0 radical (unpaired) electrons. The summed E-state index contributed by atoms with van der Waals surface area (Å²) < 4.78 is 21.7. The molecule has 1 aliphatic rings. The van der Waals surface area contributed by atoms with E-state index < -0.39 is 17.8 Å². The van der Waals surface area contributed by atoms with Gasteiger partial charge in [0.05, 0.1) is 36.6 Å². The average molecular weight is 521 g/mol. The molecule has 0 bridgehead atoms. The molecule has 2 aromatic carbocycles. The normalized spacial score (nSPS) is 14.6. The van der Waals surface area contributed by atoms with Crippen LogP contribution in [0.5, 0.6) is 23.0 Å². The fourth-order valence-electron chi connectivity index (χ4n) is 3.28. The number of hydrogen-bond acceptors (Lipinski definition) is 7. The van der Waals surface area contributed by atoms with Crippen molar-refractivity contribution in [1.29, 1.82) is 0 Å². The first-order valence-corrected chi connectivity index (χ1v) is 11.0. The van der Waals surface area contributed by atoms with Crippen LogP contribution in [0.3, 0.4) is 0 Å². The van der Waals surface area contributed by atoms with E-state index in [1.165, 1.54) is 38.5 Å². The fourth-order valence-corrected chi connectivity index (χ4v) is 3.78. The second-order valence-corrected chi connectivity index (χ2v) is 7.79. The number of amides is 4. The SMILES string of the molecule is C=CCOc1c(Cl)cc(/C=C2\C(=O)NC(=O)N(c3cc(OC)c(Cl)cc3OC)C2=O)cc1OCC. The molecule has 0 aliphatic carbocycles. The van der Waals surface area contributed by atoms with Crippen molar-refractivity contribution in [1.82, 2.24) is 5.32 Å². The molecule has 0 unspecified atom stereocenters. The van der Waals surface area contributed by atoms with Gasteiger partial charge in [-0.3, -0.25) is 14.9 Å². The van der Waals surface area contributed by atoms with Crippen molar-refractivity contribution < 1.29 is 33.3 Å². The number of carbonyl (C=O) groups excluding carboxylic acids is 3. The maximum absolute atomic E-state index is 13.4. The highest BCUT2D eigenvalue weighted by atomic mass is 35.5. The minimum Gasteiger partial charge on any atom is -0.495 e. The quantitative estimate of drug-likeness (QED) is 0.291. The van der Waals surface area contributed by atoms with Crippen LogP contribution in [0.2, 0.25) is 10.0 Å². The Morgan fingerprint density at radius 1 is 0.971 bits per heavy atom. The summed E-state index contributed by atoms with van der Waals surface area (Å²) in [7, 11) is 2.73. The zero-order valence-electron chi connectivity index (χ0n) is 19.1. The van der Waals surface area contributed by atoms with Gasteiger partial charge in [0.2, 0.25) is 0 Å². The van der Waals surface area contributed by atoms with Gasteiger partial charge in [0.1, 0.15) is 23.7 Å². The van der Waals surface area contributed by atoms with E-state index in [1.54, 1.807) is 19.1 Å². The van der Waals surface area contributed by atoms with Gasteiger partial charge in [-0.05, 0) is 30.7 Å². The summed E-state index contributed by atoms with van der Waals surface area (Å²) in [4.78, 5) is 39.4. The number of nitrogens with zero attached hydrogens (tertiary/aromatic N) is 1. The molecule has 1 saturated heterocycles. The number of halogens is 2. The smallest absolute Gasteiger partial charge is 0.336 e. The molecule has 1 aliphatic heterocycles. The summed E-state index contributed by atoms with van der Waals surface area (Å²) in [6.07, 6.45) is 2.85. The van der Waals surface area contributed by atoms with Crippen molar-refractivity contribution in [2.24, 2.45) is 0 Å². The summed E-state index contributed by atoms with van der Waals surface area (Å²) >= 11 is 12.5. The lowest BCUT2D eigenvalue weighted by atomic mass is 10.1. The third-order valence-corrected chi connectivity index (χ3v) is 5.36. The Morgan fingerprint density at radius 3 is 2.31 bits per heavy atom. The van der Waals surface area contributed by atoms with Crippen LogP contribution < -0.4 is 29.2 Å². The molecule has 1 fully saturated rings. The van der Waals surface area contributed by atoms with Gasteiger partial charge in [0, 0.05) is 12.1 Å². The molecule has 3 rings (SSSR count). The Kier molecular flexibility index (Phi) is 8.26. The summed E-state index contributed by atoms with van der Waals surface area (Å²) in [6.45, 7) is 5.90. The number of nitrogens with one attached hydrogen (secondary N) is 1. The van der Waals surface area contributed by atoms with E-state index in [-0.39, 0.29) is 39.4 Å². The molecule has 4 amide bonds. The number of rotatable bonds is 9. The summed E-state index contributed by atoms with van der Waals surface area (Å²) in [5.41, 5.74) is 0.0903. The van der Waals surface area contributed by atoms with Gasteiger partial charge in [-0.25, -0.2) is 9.69 Å². The molecule has 2 aromatic rings. The molecular formula is C24H22Cl2N2O7. The van der Waals surface area contributed by atoms with Crippen molar-refractivity contribution in [2.75, 3.05) is 32.3 Å². The molecule has 1 N–H and O–H groups in total. The van der Waals surface area contributed by atoms with Crippen LogP contribution in [-0.4, -0.2) is 45.3 Å². The second-order valence-electron chi connectivity index (χ2n) is 6.98. The third kappa shape index (κ3) is 5.36. The van der Waals surface area contributed by atoms with Crippen molar-refractivity contribution in [3.63, 3.8) is 0 Å². The van der Waals surface area contributed by atoms with Crippen LogP contribution in [-0.2, 0) is 9.59 Å². The number of ether oxygens (including phenoxy) is 4. The van der Waals surface area contributed by atoms with Crippen molar-refractivity contribution in [2.45, 2.75) is 6.92 Å². The van der Waals surface area contributed by atoms with E-state index in [0.717, 1.165) is 4.90 Å². The number of urea groups is 1. The predicted molar refractivity (Wildman–Crippen MR) is 132 cm³/mol. The number of hydrogen-bond donors (Lipinski definition) is 1. The lowest BCUT2D eigenvalue weighted by Crippen LogP contribution is -2.54. The average Bonchev–Trinajstić information content (AvgIpc) is 2.82. The summed E-state index contributed by atoms with van der Waals surface area (Å²) in [5.74, 6) is -0.828. The number of benzene rings is 2. The highest BCUT2D eigenvalue weighted by Gasteiger charge is 2.38. The van der Waals surface area contributed by atoms with Crippen LogP contribution >= 0.6 is 23.2 Å². The molecule has 0 aromatic heterocycles. The van der Waals surface area contributed by atoms with Crippen molar-refractivity contribution >= 4 is 52.8 Å².